The molecule has 0 saturated heterocycles. The largest absolute Gasteiger partial charge is 0.352 e. The molecule has 2 atom stereocenters. The number of nitrogens with one attached hydrogen (secondary N) is 1. The van der Waals surface area contributed by atoms with E-state index < -0.39 is 16.8 Å². The molecule has 0 saturated carbocycles. The van der Waals surface area contributed by atoms with Crippen molar-refractivity contribution in [1.82, 2.24) is 10.2 Å². The van der Waals surface area contributed by atoms with Crippen molar-refractivity contribution in [3.8, 4) is 0 Å². The second-order valence-electron chi connectivity index (χ2n) is 9.05. The van der Waals surface area contributed by atoms with E-state index in [4.69, 9.17) is 0 Å². The molecule has 0 aliphatic heterocycles. The number of nitrogens with zero attached hydrogens (tertiary/aromatic N) is 2. The number of nitro benzene ring substituents is 1. The second-order valence-corrected chi connectivity index (χ2v) is 10.0. The van der Waals surface area contributed by atoms with Gasteiger partial charge < -0.3 is 10.2 Å². The van der Waals surface area contributed by atoms with E-state index in [0.29, 0.717) is 11.3 Å². The lowest BCUT2D eigenvalue weighted by Crippen LogP contribution is -2.52. The van der Waals surface area contributed by atoms with Crippen molar-refractivity contribution in [3.05, 3.63) is 111 Å². The van der Waals surface area contributed by atoms with Crippen LogP contribution in [0.3, 0.4) is 0 Å². The van der Waals surface area contributed by atoms with Gasteiger partial charge in [-0.2, -0.15) is 0 Å². The molecule has 0 bridgehead atoms. The van der Waals surface area contributed by atoms with Crippen LogP contribution >= 0.6 is 11.8 Å². The summed E-state index contributed by atoms with van der Waals surface area (Å²) in [6.45, 7) is 3.82. The molecule has 0 fully saturated rings. The first kappa shape index (κ1) is 28.8. The first-order valence-electron chi connectivity index (χ1n) is 12.5. The van der Waals surface area contributed by atoms with Crippen molar-refractivity contribution >= 4 is 29.3 Å². The third kappa shape index (κ3) is 8.41. The summed E-state index contributed by atoms with van der Waals surface area (Å²) in [7, 11) is 0. The molecule has 0 unspecified atom stereocenters. The zero-order valence-electron chi connectivity index (χ0n) is 21.5. The third-order valence-corrected chi connectivity index (χ3v) is 7.20. The molecule has 200 valence electrons. The Morgan fingerprint density at radius 2 is 1.66 bits per heavy atom. The summed E-state index contributed by atoms with van der Waals surface area (Å²) in [5.41, 5.74) is 2.06. The maximum atomic E-state index is 14.6. The Kier molecular flexibility index (Phi) is 10.8. The number of carbonyl (C=O) groups excluding carboxylic acids is 2. The van der Waals surface area contributed by atoms with Crippen molar-refractivity contribution in [1.29, 1.82) is 0 Å². The molecule has 2 amide bonds. The zero-order valence-corrected chi connectivity index (χ0v) is 22.3. The molecular weight excluding hydrogens is 505 g/mol. The number of halogens is 1. The lowest BCUT2D eigenvalue weighted by Gasteiger charge is -2.32. The highest BCUT2D eigenvalue weighted by Crippen LogP contribution is 2.21. The maximum absolute atomic E-state index is 14.6. The number of rotatable bonds is 13. The molecule has 0 radical (unpaired) electrons. The molecule has 38 heavy (non-hydrogen) atoms. The summed E-state index contributed by atoms with van der Waals surface area (Å²) >= 11 is 1.34. The fraction of sp³-hybridized carbons (Fsp3) is 0.310. The van der Waals surface area contributed by atoms with E-state index in [1.54, 1.807) is 30.3 Å². The predicted octanol–water partition coefficient (Wildman–Crippen LogP) is 5.52. The summed E-state index contributed by atoms with van der Waals surface area (Å²) in [6.07, 6.45) is 1.02. The van der Waals surface area contributed by atoms with Gasteiger partial charge in [0.25, 0.3) is 5.69 Å². The van der Waals surface area contributed by atoms with Gasteiger partial charge in [0, 0.05) is 42.5 Å². The highest BCUT2D eigenvalue weighted by molar-refractivity contribution is 7.99. The molecule has 3 aromatic carbocycles. The standard InChI is InChI=1S/C29H32FN3O4S/c1-3-21(2)31-29(35)27(17-22-9-5-4-6-10-22)32(18-24-11-7-8-12-26(24)30)28(34)20-38-19-23-13-15-25(16-14-23)33(36)37/h4-16,21,27H,3,17-20H2,1-2H3,(H,31,35)/t21-,27-/m0/s1. The van der Waals surface area contributed by atoms with Crippen LogP contribution in [-0.4, -0.2) is 39.5 Å². The van der Waals surface area contributed by atoms with E-state index in [2.05, 4.69) is 5.32 Å². The van der Waals surface area contributed by atoms with E-state index in [1.165, 1.54) is 34.9 Å². The van der Waals surface area contributed by atoms with Crippen LogP contribution in [0.15, 0.2) is 78.9 Å². The monoisotopic (exact) mass is 537 g/mol. The molecule has 0 heterocycles. The van der Waals surface area contributed by atoms with Gasteiger partial charge in [0.2, 0.25) is 11.8 Å². The van der Waals surface area contributed by atoms with Gasteiger partial charge in [-0.05, 0) is 30.5 Å². The number of benzene rings is 3. The van der Waals surface area contributed by atoms with Gasteiger partial charge >= 0.3 is 0 Å². The molecule has 0 aliphatic carbocycles. The number of carbonyl (C=O) groups is 2. The van der Waals surface area contributed by atoms with E-state index in [0.717, 1.165) is 17.5 Å². The van der Waals surface area contributed by atoms with Crippen LogP contribution in [0.4, 0.5) is 10.1 Å². The molecule has 0 aromatic heterocycles. The number of non-ortho nitro benzene ring substituents is 1. The van der Waals surface area contributed by atoms with Crippen LogP contribution in [0.5, 0.6) is 0 Å². The molecule has 0 aliphatic rings. The van der Waals surface area contributed by atoms with Crippen molar-refractivity contribution in [3.63, 3.8) is 0 Å². The Balaban J connectivity index is 1.84. The number of nitro groups is 1. The Morgan fingerprint density at radius 1 is 1.00 bits per heavy atom. The molecule has 9 heteroatoms. The van der Waals surface area contributed by atoms with Crippen LogP contribution in [0.2, 0.25) is 0 Å². The zero-order chi connectivity index (χ0) is 27.5. The maximum Gasteiger partial charge on any atom is 0.269 e. The highest BCUT2D eigenvalue weighted by Gasteiger charge is 2.31. The summed E-state index contributed by atoms with van der Waals surface area (Å²) < 4.78 is 14.6. The third-order valence-electron chi connectivity index (χ3n) is 6.21. The Hall–Kier alpha value is -3.72. The molecule has 3 aromatic rings. The smallest absolute Gasteiger partial charge is 0.269 e. The van der Waals surface area contributed by atoms with Gasteiger partial charge in [0.15, 0.2) is 0 Å². The van der Waals surface area contributed by atoms with E-state index >= 15 is 0 Å². The van der Waals surface area contributed by atoms with Gasteiger partial charge in [-0.3, -0.25) is 19.7 Å². The number of hydrogen-bond acceptors (Lipinski definition) is 5. The molecule has 3 rings (SSSR count). The Labute approximate surface area is 226 Å². The minimum atomic E-state index is -0.835. The van der Waals surface area contributed by atoms with Crippen LogP contribution in [0, 0.1) is 15.9 Å². The lowest BCUT2D eigenvalue weighted by atomic mass is 10.0. The van der Waals surface area contributed by atoms with Crippen molar-refractivity contribution in [2.45, 2.75) is 51.1 Å². The van der Waals surface area contributed by atoms with Crippen molar-refractivity contribution in [2.24, 2.45) is 0 Å². The highest BCUT2D eigenvalue weighted by atomic mass is 32.2. The summed E-state index contributed by atoms with van der Waals surface area (Å²) in [5, 5.41) is 13.9. The molecule has 0 spiro atoms. The minimum absolute atomic E-state index is 0.00182. The van der Waals surface area contributed by atoms with E-state index in [-0.39, 0.29) is 42.3 Å². The van der Waals surface area contributed by atoms with Crippen LogP contribution in [0.1, 0.15) is 37.0 Å². The predicted molar refractivity (Wildman–Crippen MR) is 148 cm³/mol. The summed E-state index contributed by atoms with van der Waals surface area (Å²) in [6, 6.07) is 20.9. The van der Waals surface area contributed by atoms with Gasteiger partial charge in [-0.25, -0.2) is 4.39 Å². The summed E-state index contributed by atoms with van der Waals surface area (Å²) in [4.78, 5) is 39.0. The lowest BCUT2D eigenvalue weighted by molar-refractivity contribution is -0.384. The number of thioether (sulfide) groups is 1. The Bertz CT molecular complexity index is 1220. The molecule has 7 nitrogen and oxygen atoms in total. The van der Waals surface area contributed by atoms with Crippen molar-refractivity contribution in [2.75, 3.05) is 5.75 Å². The fourth-order valence-corrected chi connectivity index (χ4v) is 4.73. The minimum Gasteiger partial charge on any atom is -0.352 e. The average molecular weight is 538 g/mol. The van der Waals surface area contributed by atoms with Crippen LogP contribution in [0.25, 0.3) is 0 Å². The SMILES string of the molecule is CC[C@H](C)NC(=O)[C@H](Cc1ccccc1)N(Cc1ccccc1F)C(=O)CSCc1ccc([N+](=O)[O-])cc1. The fourth-order valence-electron chi connectivity index (χ4n) is 3.86. The van der Waals surface area contributed by atoms with Gasteiger partial charge in [0.05, 0.1) is 10.7 Å². The topological polar surface area (TPSA) is 92.6 Å². The first-order valence-corrected chi connectivity index (χ1v) is 13.6. The van der Waals surface area contributed by atoms with Crippen molar-refractivity contribution < 1.29 is 18.9 Å². The number of hydrogen-bond donors (Lipinski definition) is 1. The summed E-state index contributed by atoms with van der Waals surface area (Å²) in [5.74, 6) is -0.495. The number of amides is 2. The quantitative estimate of drug-likeness (QED) is 0.229. The molecule has 1 N–H and O–H groups in total. The molecular formula is C29H32FN3O4S. The van der Waals surface area contributed by atoms with E-state index in [1.807, 2.05) is 44.2 Å². The average Bonchev–Trinajstić information content (AvgIpc) is 2.92. The Morgan fingerprint density at radius 3 is 2.29 bits per heavy atom. The van der Waals surface area contributed by atoms with Gasteiger partial charge in [0.1, 0.15) is 11.9 Å². The van der Waals surface area contributed by atoms with Crippen LogP contribution < -0.4 is 5.32 Å². The van der Waals surface area contributed by atoms with Gasteiger partial charge in [-0.15, -0.1) is 11.8 Å². The van der Waals surface area contributed by atoms with Crippen LogP contribution in [-0.2, 0) is 28.3 Å². The first-order chi connectivity index (χ1) is 18.3. The van der Waals surface area contributed by atoms with Gasteiger partial charge in [-0.1, -0.05) is 67.6 Å². The second kappa shape index (κ2) is 14.3. The normalized spacial score (nSPS) is 12.4. The van der Waals surface area contributed by atoms with E-state index in [9.17, 15) is 24.1 Å².